The van der Waals surface area contributed by atoms with E-state index in [4.69, 9.17) is 4.74 Å². The number of nitrogens with zero attached hydrogens (tertiary/aromatic N) is 5. The Balaban J connectivity index is 1.62. The first kappa shape index (κ1) is 23.5. The third kappa shape index (κ3) is 4.80. The van der Waals surface area contributed by atoms with Crippen molar-refractivity contribution in [3.63, 3.8) is 0 Å². The molecule has 1 fully saturated rings. The topological polar surface area (TPSA) is 108 Å². The van der Waals surface area contributed by atoms with Crippen LogP contribution in [0.5, 0.6) is 5.75 Å². The number of hydrogen-bond acceptors (Lipinski definition) is 7. The fraction of sp³-hybridized carbons (Fsp3) is 0.458. The van der Waals surface area contributed by atoms with E-state index in [0.717, 1.165) is 6.42 Å². The molecule has 3 heterocycles. The molecule has 180 valence electrons. The van der Waals surface area contributed by atoms with Crippen molar-refractivity contribution >= 4 is 29.5 Å². The fourth-order valence-electron chi connectivity index (χ4n) is 4.18. The Morgan fingerprint density at radius 2 is 1.76 bits per heavy atom. The van der Waals surface area contributed by atoms with Gasteiger partial charge in [0.15, 0.2) is 0 Å². The minimum Gasteiger partial charge on any atom is -0.494 e. The van der Waals surface area contributed by atoms with Gasteiger partial charge < -0.3 is 24.8 Å². The minimum absolute atomic E-state index is 0.0308. The molecule has 0 aliphatic carbocycles. The fourth-order valence-corrected chi connectivity index (χ4v) is 4.18. The number of hydrogen-bond donors (Lipinski definition) is 1. The van der Waals surface area contributed by atoms with Crippen molar-refractivity contribution in [2.75, 3.05) is 49.5 Å². The van der Waals surface area contributed by atoms with Gasteiger partial charge in [-0.1, -0.05) is 6.92 Å². The summed E-state index contributed by atoms with van der Waals surface area (Å²) >= 11 is 0. The first-order valence-corrected chi connectivity index (χ1v) is 11.7. The highest BCUT2D eigenvalue weighted by atomic mass is 16.5. The van der Waals surface area contributed by atoms with Gasteiger partial charge in [-0.05, 0) is 37.6 Å². The zero-order chi connectivity index (χ0) is 24.2. The molecule has 1 saturated heterocycles. The lowest BCUT2D eigenvalue weighted by Crippen LogP contribution is -2.48. The Kier molecular flexibility index (Phi) is 6.95. The number of rotatable bonds is 7. The Morgan fingerprint density at radius 1 is 1.06 bits per heavy atom. The summed E-state index contributed by atoms with van der Waals surface area (Å²) in [5, 5.41) is 2.90. The second-order valence-electron chi connectivity index (χ2n) is 8.33. The van der Waals surface area contributed by atoms with Gasteiger partial charge in [0.1, 0.15) is 17.3 Å². The number of piperazine rings is 1. The van der Waals surface area contributed by atoms with E-state index in [9.17, 15) is 14.4 Å². The van der Waals surface area contributed by atoms with E-state index in [2.05, 4.69) is 15.3 Å². The number of benzene rings is 1. The highest BCUT2D eigenvalue weighted by Gasteiger charge is 2.34. The Labute approximate surface area is 198 Å². The lowest BCUT2D eigenvalue weighted by atomic mass is 10.2. The van der Waals surface area contributed by atoms with Gasteiger partial charge in [-0.25, -0.2) is 4.98 Å². The quantitative estimate of drug-likeness (QED) is 0.666. The maximum Gasteiger partial charge on any atom is 0.273 e. The molecule has 34 heavy (non-hydrogen) atoms. The molecule has 2 aliphatic heterocycles. The SMILES string of the molecule is CCCN1Cc2c(NC(=O)c3ccc(OCC)cc3)nc(N3CCN(C(C)=O)CC3)nc2C1=O. The molecular weight excluding hydrogens is 436 g/mol. The number of carbonyl (C=O) groups excluding carboxylic acids is 3. The van der Waals surface area contributed by atoms with Crippen LogP contribution < -0.4 is 15.0 Å². The lowest BCUT2D eigenvalue weighted by molar-refractivity contribution is -0.129. The van der Waals surface area contributed by atoms with Gasteiger partial charge in [0.25, 0.3) is 11.8 Å². The van der Waals surface area contributed by atoms with Crippen LogP contribution in [0.15, 0.2) is 24.3 Å². The van der Waals surface area contributed by atoms with Gasteiger partial charge in [0.2, 0.25) is 11.9 Å². The van der Waals surface area contributed by atoms with Crippen LogP contribution in [0.2, 0.25) is 0 Å². The van der Waals surface area contributed by atoms with Crippen molar-refractivity contribution in [2.45, 2.75) is 33.7 Å². The number of fused-ring (bicyclic) bond motifs is 1. The molecule has 2 aromatic rings. The van der Waals surface area contributed by atoms with Crippen LogP contribution in [-0.4, -0.2) is 76.8 Å². The predicted molar refractivity (Wildman–Crippen MR) is 127 cm³/mol. The molecule has 0 radical (unpaired) electrons. The number of aromatic nitrogens is 2. The maximum atomic E-state index is 13.0. The van der Waals surface area contributed by atoms with Crippen molar-refractivity contribution in [1.82, 2.24) is 19.8 Å². The summed E-state index contributed by atoms with van der Waals surface area (Å²) in [5.41, 5.74) is 1.42. The minimum atomic E-state index is -0.322. The van der Waals surface area contributed by atoms with Gasteiger partial charge in [-0.3, -0.25) is 14.4 Å². The number of amides is 3. The average molecular weight is 467 g/mol. The van der Waals surface area contributed by atoms with Crippen molar-refractivity contribution in [1.29, 1.82) is 0 Å². The van der Waals surface area contributed by atoms with E-state index in [0.29, 0.717) is 80.2 Å². The molecule has 0 atom stereocenters. The summed E-state index contributed by atoms with van der Waals surface area (Å²) in [5.74, 6) is 0.977. The zero-order valence-electron chi connectivity index (χ0n) is 19.8. The summed E-state index contributed by atoms with van der Waals surface area (Å²) < 4.78 is 5.45. The molecule has 4 rings (SSSR count). The van der Waals surface area contributed by atoms with E-state index in [-0.39, 0.29) is 17.7 Å². The Bertz CT molecular complexity index is 1080. The summed E-state index contributed by atoms with van der Waals surface area (Å²) in [7, 11) is 0. The molecule has 1 N–H and O–H groups in total. The van der Waals surface area contributed by atoms with E-state index < -0.39 is 0 Å². The molecule has 1 aromatic heterocycles. The predicted octanol–water partition coefficient (Wildman–Crippen LogP) is 2.16. The molecular formula is C24H30N6O4. The molecule has 0 unspecified atom stereocenters. The van der Waals surface area contributed by atoms with Crippen molar-refractivity contribution in [3.05, 3.63) is 41.1 Å². The zero-order valence-corrected chi connectivity index (χ0v) is 19.8. The highest BCUT2D eigenvalue weighted by molar-refractivity contribution is 6.06. The Hall–Kier alpha value is -3.69. The number of carbonyl (C=O) groups is 3. The van der Waals surface area contributed by atoms with Gasteiger partial charge in [0.05, 0.1) is 13.2 Å². The molecule has 2 aliphatic rings. The monoisotopic (exact) mass is 466 g/mol. The second kappa shape index (κ2) is 10.1. The number of anilines is 2. The summed E-state index contributed by atoms with van der Waals surface area (Å²) in [6, 6.07) is 6.88. The number of nitrogens with one attached hydrogen (secondary N) is 1. The average Bonchev–Trinajstić information content (AvgIpc) is 3.15. The van der Waals surface area contributed by atoms with Crippen LogP contribution in [0.3, 0.4) is 0 Å². The van der Waals surface area contributed by atoms with E-state index >= 15 is 0 Å². The first-order chi connectivity index (χ1) is 16.4. The smallest absolute Gasteiger partial charge is 0.273 e. The Morgan fingerprint density at radius 3 is 2.38 bits per heavy atom. The third-order valence-corrected chi connectivity index (χ3v) is 5.99. The van der Waals surface area contributed by atoms with Crippen molar-refractivity contribution < 1.29 is 19.1 Å². The maximum absolute atomic E-state index is 13.0. The van der Waals surface area contributed by atoms with E-state index in [1.807, 2.05) is 18.7 Å². The highest BCUT2D eigenvalue weighted by Crippen LogP contribution is 2.30. The molecule has 0 bridgehead atoms. The van der Waals surface area contributed by atoms with Crippen LogP contribution in [-0.2, 0) is 11.3 Å². The van der Waals surface area contributed by atoms with Gasteiger partial charge in [0, 0.05) is 50.8 Å². The van der Waals surface area contributed by atoms with Gasteiger partial charge >= 0.3 is 0 Å². The molecule has 1 aromatic carbocycles. The third-order valence-electron chi connectivity index (χ3n) is 5.99. The van der Waals surface area contributed by atoms with Crippen LogP contribution >= 0.6 is 0 Å². The molecule has 10 heteroatoms. The van der Waals surface area contributed by atoms with Crippen LogP contribution in [0.4, 0.5) is 11.8 Å². The van der Waals surface area contributed by atoms with Gasteiger partial charge in [-0.2, -0.15) is 4.98 Å². The first-order valence-electron chi connectivity index (χ1n) is 11.7. The second-order valence-corrected chi connectivity index (χ2v) is 8.33. The standard InChI is InChI=1S/C24H30N6O4/c1-4-10-30-15-19-20(23(30)33)25-24(29-13-11-28(12-14-29)16(3)31)27-21(19)26-22(32)17-6-8-18(9-7-17)34-5-2/h6-9H,4-5,10-15H2,1-3H3,(H,25,26,27,32). The lowest BCUT2D eigenvalue weighted by Gasteiger charge is -2.34. The summed E-state index contributed by atoms with van der Waals surface area (Å²) in [6.07, 6.45) is 0.820. The summed E-state index contributed by atoms with van der Waals surface area (Å²) in [6.45, 7) is 9.19. The molecule has 0 saturated carbocycles. The molecule has 10 nitrogen and oxygen atoms in total. The molecule has 0 spiro atoms. The van der Waals surface area contributed by atoms with E-state index in [1.165, 1.54) is 0 Å². The van der Waals surface area contributed by atoms with Crippen molar-refractivity contribution in [3.8, 4) is 5.75 Å². The normalized spacial score (nSPS) is 15.4. The van der Waals surface area contributed by atoms with Crippen LogP contribution in [0, 0.1) is 0 Å². The number of ether oxygens (including phenoxy) is 1. The van der Waals surface area contributed by atoms with Crippen molar-refractivity contribution in [2.24, 2.45) is 0 Å². The summed E-state index contributed by atoms with van der Waals surface area (Å²) in [4.78, 5) is 52.4. The molecule has 3 amide bonds. The largest absolute Gasteiger partial charge is 0.494 e. The van der Waals surface area contributed by atoms with Gasteiger partial charge in [-0.15, -0.1) is 0 Å². The van der Waals surface area contributed by atoms with Crippen LogP contribution in [0.1, 0.15) is 53.6 Å². The van der Waals surface area contributed by atoms with Crippen LogP contribution in [0.25, 0.3) is 0 Å². The van der Waals surface area contributed by atoms with E-state index in [1.54, 1.807) is 41.0 Å².